The van der Waals surface area contributed by atoms with Crippen molar-refractivity contribution in [1.82, 2.24) is 0 Å². The molecule has 0 bridgehead atoms. The van der Waals surface area contributed by atoms with Crippen LogP contribution in [0.15, 0.2) is 48.5 Å². The topological polar surface area (TPSA) is 81.8 Å². The average molecular weight is 301 g/mol. The Labute approximate surface area is 129 Å². The number of hydrogen-bond donors (Lipinski definition) is 2. The van der Waals surface area contributed by atoms with Crippen molar-refractivity contribution in [3.8, 4) is 11.5 Å². The van der Waals surface area contributed by atoms with Crippen LogP contribution in [0.25, 0.3) is 0 Å². The van der Waals surface area contributed by atoms with Gasteiger partial charge in [-0.15, -0.1) is 0 Å². The van der Waals surface area contributed by atoms with Crippen molar-refractivity contribution in [2.75, 3.05) is 6.61 Å². The van der Waals surface area contributed by atoms with Crippen LogP contribution in [0.3, 0.4) is 0 Å². The number of benzene rings is 2. The van der Waals surface area contributed by atoms with E-state index in [4.69, 9.17) is 15.2 Å². The first-order chi connectivity index (χ1) is 10.6. The summed E-state index contributed by atoms with van der Waals surface area (Å²) in [4.78, 5) is 11.5. The summed E-state index contributed by atoms with van der Waals surface area (Å²) in [6.45, 7) is 2.32. The molecule has 0 aliphatic carbocycles. The molecule has 1 unspecified atom stereocenters. The fraction of sp³-hybridized carbons (Fsp3) is 0.235. The molecule has 22 heavy (non-hydrogen) atoms. The number of nitrogens with two attached hydrogens (primary N) is 1. The Bertz CT molecular complexity index is 626. The summed E-state index contributed by atoms with van der Waals surface area (Å²) >= 11 is 0. The number of carbonyl (C=O) groups is 1. The molecule has 1 atom stereocenters. The minimum atomic E-state index is -1.09. The highest BCUT2D eigenvalue weighted by Crippen LogP contribution is 2.29. The Morgan fingerprint density at radius 3 is 2.32 bits per heavy atom. The Morgan fingerprint density at radius 2 is 1.73 bits per heavy atom. The summed E-state index contributed by atoms with van der Waals surface area (Å²) < 4.78 is 11.1. The Morgan fingerprint density at radius 1 is 1.09 bits per heavy atom. The zero-order valence-corrected chi connectivity index (χ0v) is 12.4. The van der Waals surface area contributed by atoms with Gasteiger partial charge in [-0.25, -0.2) is 4.79 Å². The number of aromatic carboxylic acids is 1. The van der Waals surface area contributed by atoms with Crippen molar-refractivity contribution in [1.29, 1.82) is 0 Å². The van der Waals surface area contributed by atoms with E-state index in [2.05, 4.69) is 0 Å². The molecule has 0 fully saturated rings. The maximum absolute atomic E-state index is 11.5. The molecule has 0 aliphatic heterocycles. The van der Waals surface area contributed by atoms with Crippen molar-refractivity contribution >= 4 is 5.97 Å². The predicted octanol–water partition coefficient (Wildman–Crippen LogP) is 2.69. The summed E-state index contributed by atoms with van der Waals surface area (Å²) in [6.07, 6.45) is 0. The van der Waals surface area contributed by atoms with Crippen molar-refractivity contribution in [2.45, 2.75) is 19.6 Å². The fourth-order valence-corrected chi connectivity index (χ4v) is 1.92. The van der Waals surface area contributed by atoms with Crippen LogP contribution in [0.4, 0.5) is 0 Å². The maximum Gasteiger partial charge on any atom is 0.343 e. The van der Waals surface area contributed by atoms with E-state index < -0.39 is 5.97 Å². The third kappa shape index (κ3) is 4.23. The molecule has 0 saturated heterocycles. The van der Waals surface area contributed by atoms with Gasteiger partial charge in [-0.3, -0.25) is 0 Å². The fourth-order valence-electron chi connectivity index (χ4n) is 1.92. The van der Waals surface area contributed by atoms with Crippen LogP contribution in [0.2, 0.25) is 0 Å². The molecule has 2 rings (SSSR count). The van der Waals surface area contributed by atoms with Crippen LogP contribution >= 0.6 is 0 Å². The number of carboxylic acids is 1. The van der Waals surface area contributed by atoms with E-state index in [0.29, 0.717) is 0 Å². The highest BCUT2D eigenvalue weighted by atomic mass is 16.5. The summed E-state index contributed by atoms with van der Waals surface area (Å²) in [6, 6.07) is 14.3. The smallest absolute Gasteiger partial charge is 0.343 e. The molecule has 0 amide bonds. The molecule has 3 N–H and O–H groups in total. The molecule has 0 spiro atoms. The SMILES string of the molecule is CC(N)COc1cccc(OCc2ccccc2)c1C(=O)O. The minimum Gasteiger partial charge on any atom is -0.491 e. The van der Waals surface area contributed by atoms with Crippen molar-refractivity contribution < 1.29 is 19.4 Å². The highest BCUT2D eigenvalue weighted by molar-refractivity contribution is 5.94. The second-order valence-corrected chi connectivity index (χ2v) is 5.00. The van der Waals surface area contributed by atoms with E-state index in [9.17, 15) is 9.90 Å². The zero-order chi connectivity index (χ0) is 15.9. The third-order valence-corrected chi connectivity index (χ3v) is 2.94. The lowest BCUT2D eigenvalue weighted by atomic mass is 10.1. The van der Waals surface area contributed by atoms with E-state index >= 15 is 0 Å². The molecule has 5 heteroatoms. The second kappa shape index (κ2) is 7.47. The monoisotopic (exact) mass is 301 g/mol. The predicted molar refractivity (Wildman–Crippen MR) is 83.3 cm³/mol. The van der Waals surface area contributed by atoms with E-state index in [1.54, 1.807) is 25.1 Å². The van der Waals surface area contributed by atoms with E-state index in [1.807, 2.05) is 30.3 Å². The minimum absolute atomic E-state index is 0.0130. The number of ether oxygens (including phenoxy) is 2. The van der Waals surface area contributed by atoms with Gasteiger partial charge in [0.2, 0.25) is 0 Å². The molecular formula is C17H19NO4. The normalized spacial score (nSPS) is 11.7. The highest BCUT2D eigenvalue weighted by Gasteiger charge is 2.18. The van der Waals surface area contributed by atoms with Gasteiger partial charge < -0.3 is 20.3 Å². The summed E-state index contributed by atoms with van der Waals surface area (Å²) in [5.74, 6) is -0.558. The summed E-state index contributed by atoms with van der Waals surface area (Å²) in [5, 5.41) is 9.42. The Hall–Kier alpha value is -2.53. The van der Waals surface area contributed by atoms with Crippen LogP contribution < -0.4 is 15.2 Å². The zero-order valence-electron chi connectivity index (χ0n) is 12.4. The van der Waals surface area contributed by atoms with E-state index in [1.165, 1.54) is 0 Å². The lowest BCUT2D eigenvalue weighted by Gasteiger charge is -2.15. The Balaban J connectivity index is 2.19. The average Bonchev–Trinajstić information content (AvgIpc) is 2.51. The number of carboxylic acid groups (broad SMARTS) is 1. The molecule has 116 valence electrons. The van der Waals surface area contributed by atoms with Gasteiger partial charge in [-0.2, -0.15) is 0 Å². The first-order valence-electron chi connectivity index (χ1n) is 6.99. The summed E-state index contributed by atoms with van der Waals surface area (Å²) in [5.41, 5.74) is 6.61. The standard InChI is InChI=1S/C17H19NO4/c1-12(18)10-21-14-8-5-9-15(16(14)17(19)20)22-11-13-6-3-2-4-7-13/h2-9,12H,10-11,18H2,1H3,(H,19,20). The lowest BCUT2D eigenvalue weighted by molar-refractivity contribution is 0.0686. The first-order valence-corrected chi connectivity index (χ1v) is 6.99. The van der Waals surface area contributed by atoms with Crippen LogP contribution in [-0.2, 0) is 6.61 Å². The van der Waals surface area contributed by atoms with E-state index in [-0.39, 0.29) is 36.3 Å². The van der Waals surface area contributed by atoms with Crippen LogP contribution in [0, 0.1) is 0 Å². The molecule has 2 aromatic carbocycles. The Kier molecular flexibility index (Phi) is 5.38. The van der Waals surface area contributed by atoms with Crippen molar-refractivity contribution in [3.63, 3.8) is 0 Å². The van der Waals surface area contributed by atoms with Crippen molar-refractivity contribution in [3.05, 3.63) is 59.7 Å². The molecular weight excluding hydrogens is 282 g/mol. The maximum atomic E-state index is 11.5. The lowest BCUT2D eigenvalue weighted by Crippen LogP contribution is -2.24. The second-order valence-electron chi connectivity index (χ2n) is 5.00. The van der Waals surface area contributed by atoms with Crippen LogP contribution in [0.5, 0.6) is 11.5 Å². The molecule has 0 aliphatic rings. The van der Waals surface area contributed by atoms with Gasteiger partial charge in [0.25, 0.3) is 0 Å². The molecule has 0 saturated carbocycles. The largest absolute Gasteiger partial charge is 0.491 e. The molecule has 0 heterocycles. The van der Waals surface area contributed by atoms with Gasteiger partial charge in [0, 0.05) is 6.04 Å². The molecule has 0 radical (unpaired) electrons. The van der Waals surface area contributed by atoms with E-state index in [0.717, 1.165) is 5.56 Å². The summed E-state index contributed by atoms with van der Waals surface area (Å²) in [7, 11) is 0. The van der Waals surface area contributed by atoms with Gasteiger partial charge in [0.1, 0.15) is 30.3 Å². The quantitative estimate of drug-likeness (QED) is 0.821. The molecule has 0 aromatic heterocycles. The van der Waals surface area contributed by atoms with Gasteiger partial charge in [-0.05, 0) is 24.6 Å². The van der Waals surface area contributed by atoms with Gasteiger partial charge in [-0.1, -0.05) is 36.4 Å². The van der Waals surface area contributed by atoms with Gasteiger partial charge in [0.15, 0.2) is 0 Å². The van der Waals surface area contributed by atoms with Gasteiger partial charge in [0.05, 0.1) is 0 Å². The van der Waals surface area contributed by atoms with Gasteiger partial charge >= 0.3 is 5.97 Å². The van der Waals surface area contributed by atoms with Crippen LogP contribution in [-0.4, -0.2) is 23.7 Å². The molecule has 2 aromatic rings. The first kappa shape index (κ1) is 15.9. The number of rotatable bonds is 7. The van der Waals surface area contributed by atoms with Crippen LogP contribution in [0.1, 0.15) is 22.8 Å². The van der Waals surface area contributed by atoms with Crippen molar-refractivity contribution in [2.24, 2.45) is 5.73 Å². The molecule has 5 nitrogen and oxygen atoms in total. The number of hydrogen-bond acceptors (Lipinski definition) is 4. The third-order valence-electron chi connectivity index (χ3n) is 2.94.